The van der Waals surface area contributed by atoms with Gasteiger partial charge < -0.3 is 9.72 Å². The molecular weight excluding hydrogens is 406 g/mol. The molecule has 166 valence electrons. The average Bonchev–Trinajstić information content (AvgIpc) is 3.36. The van der Waals surface area contributed by atoms with Crippen molar-refractivity contribution in [2.75, 3.05) is 7.11 Å². The van der Waals surface area contributed by atoms with Crippen LogP contribution in [0.4, 0.5) is 0 Å². The summed E-state index contributed by atoms with van der Waals surface area (Å²) in [5.74, 6) is 1.21. The number of hydrogen-bond donors (Lipinski definition) is 1. The van der Waals surface area contributed by atoms with E-state index in [1.54, 1.807) is 11.6 Å². The van der Waals surface area contributed by atoms with Crippen molar-refractivity contribution in [1.82, 2.24) is 24.1 Å². The van der Waals surface area contributed by atoms with Gasteiger partial charge in [0.25, 0.3) is 0 Å². The third-order valence-electron chi connectivity index (χ3n) is 6.65. The summed E-state index contributed by atoms with van der Waals surface area (Å²) in [4.78, 5) is 32.0. The minimum absolute atomic E-state index is 0.0492. The van der Waals surface area contributed by atoms with Crippen LogP contribution in [0.5, 0.6) is 5.75 Å². The minimum Gasteiger partial charge on any atom is -0.492 e. The topological polar surface area (TPSA) is 94.3 Å². The van der Waals surface area contributed by atoms with Gasteiger partial charge in [0.2, 0.25) is 0 Å². The maximum absolute atomic E-state index is 12.9. The van der Waals surface area contributed by atoms with Crippen LogP contribution in [-0.2, 0) is 4.79 Å². The lowest BCUT2D eigenvalue weighted by molar-refractivity contribution is -0.120. The van der Waals surface area contributed by atoms with E-state index in [1.165, 1.54) is 6.33 Å². The average molecular weight is 434 g/mol. The molecule has 32 heavy (non-hydrogen) atoms. The van der Waals surface area contributed by atoms with Crippen LogP contribution >= 0.6 is 0 Å². The van der Waals surface area contributed by atoms with Gasteiger partial charge in [0.05, 0.1) is 18.1 Å². The second kappa shape index (κ2) is 7.62. The van der Waals surface area contributed by atoms with Crippen LogP contribution in [0.2, 0.25) is 0 Å². The summed E-state index contributed by atoms with van der Waals surface area (Å²) >= 11 is 0. The number of nitrogens with zero attached hydrogens (tertiary/aromatic N) is 4. The standard InChI is InChI=1S/C24H27N5O3/c1-13(2)17-10-21-20(27-24(31)29(21)15-5-7-16(30)8-6-15)9-18(17)19-11-28-23(25-12-26-28)22(32-4)14(19)3/h9-13,15H,5-8H2,1-4H3,(H,27,31). The van der Waals surface area contributed by atoms with Crippen molar-refractivity contribution in [3.8, 4) is 16.9 Å². The molecule has 0 amide bonds. The fourth-order valence-corrected chi connectivity index (χ4v) is 4.98. The van der Waals surface area contributed by atoms with Gasteiger partial charge in [0, 0.05) is 36.2 Å². The molecule has 0 aliphatic heterocycles. The number of carbonyl (C=O) groups excluding carboxylic acids is 1. The number of rotatable bonds is 4. The maximum Gasteiger partial charge on any atom is 0.326 e. The SMILES string of the molecule is COc1c(C)c(-c2cc3[nH]c(=O)n(C4CCC(=O)CC4)c3cc2C(C)C)cn2ncnc12. The lowest BCUT2D eigenvalue weighted by Gasteiger charge is -2.23. The van der Waals surface area contributed by atoms with E-state index < -0.39 is 0 Å². The van der Waals surface area contributed by atoms with Crippen LogP contribution in [0.3, 0.4) is 0 Å². The van der Waals surface area contributed by atoms with E-state index in [4.69, 9.17) is 4.74 Å². The highest BCUT2D eigenvalue weighted by molar-refractivity contribution is 5.87. The number of nitrogens with one attached hydrogen (secondary N) is 1. The number of Topliss-reactive ketones (excluding diaryl/α,β-unsaturated/α-hetero) is 1. The molecule has 1 fully saturated rings. The summed E-state index contributed by atoms with van der Waals surface area (Å²) in [6.45, 7) is 6.32. The van der Waals surface area contributed by atoms with E-state index >= 15 is 0 Å². The Bertz CT molecular complexity index is 1400. The molecule has 0 bridgehead atoms. The number of hydrogen-bond acceptors (Lipinski definition) is 5. The van der Waals surface area contributed by atoms with Gasteiger partial charge in [-0.2, -0.15) is 5.10 Å². The lowest BCUT2D eigenvalue weighted by atomic mass is 9.90. The van der Waals surface area contributed by atoms with Crippen molar-refractivity contribution in [1.29, 1.82) is 0 Å². The molecule has 1 aliphatic carbocycles. The van der Waals surface area contributed by atoms with E-state index in [1.807, 2.05) is 17.7 Å². The summed E-state index contributed by atoms with van der Waals surface area (Å²) < 4.78 is 9.24. The predicted molar refractivity (Wildman–Crippen MR) is 122 cm³/mol. The zero-order valence-electron chi connectivity index (χ0n) is 18.8. The van der Waals surface area contributed by atoms with E-state index in [0.29, 0.717) is 37.1 Å². The van der Waals surface area contributed by atoms with Gasteiger partial charge in [0.1, 0.15) is 12.1 Å². The van der Waals surface area contributed by atoms with Crippen LogP contribution in [-0.4, -0.2) is 37.0 Å². The molecule has 8 nitrogen and oxygen atoms in total. The molecule has 8 heteroatoms. The number of methoxy groups -OCH3 is 1. The van der Waals surface area contributed by atoms with Crippen LogP contribution in [0.15, 0.2) is 29.5 Å². The van der Waals surface area contributed by atoms with Crippen molar-refractivity contribution in [3.63, 3.8) is 0 Å². The Morgan fingerprint density at radius 2 is 1.91 bits per heavy atom. The Balaban J connectivity index is 1.74. The zero-order chi connectivity index (χ0) is 22.6. The smallest absolute Gasteiger partial charge is 0.326 e. The number of ketones is 1. The minimum atomic E-state index is -0.118. The molecule has 0 atom stereocenters. The van der Waals surface area contributed by atoms with E-state index in [9.17, 15) is 9.59 Å². The van der Waals surface area contributed by atoms with Crippen molar-refractivity contribution >= 4 is 22.5 Å². The molecular formula is C24H27N5O3. The summed E-state index contributed by atoms with van der Waals surface area (Å²) in [7, 11) is 1.64. The van der Waals surface area contributed by atoms with Crippen molar-refractivity contribution in [2.45, 2.75) is 58.4 Å². The van der Waals surface area contributed by atoms with E-state index in [2.05, 4.69) is 41.0 Å². The van der Waals surface area contributed by atoms with Crippen LogP contribution in [0.25, 0.3) is 27.8 Å². The Hall–Kier alpha value is -3.42. The first-order valence-electron chi connectivity index (χ1n) is 11.1. The number of aromatic amines is 1. The fourth-order valence-electron chi connectivity index (χ4n) is 4.98. The third-order valence-corrected chi connectivity index (χ3v) is 6.65. The normalized spacial score (nSPS) is 15.3. The van der Waals surface area contributed by atoms with Gasteiger partial charge in [-0.25, -0.2) is 14.3 Å². The first-order chi connectivity index (χ1) is 15.4. The van der Waals surface area contributed by atoms with Gasteiger partial charge in [-0.1, -0.05) is 13.8 Å². The second-order valence-corrected chi connectivity index (χ2v) is 8.91. The highest BCUT2D eigenvalue weighted by atomic mass is 16.5. The second-order valence-electron chi connectivity index (χ2n) is 8.91. The van der Waals surface area contributed by atoms with Crippen molar-refractivity contribution in [3.05, 3.63) is 46.3 Å². The first kappa shape index (κ1) is 20.5. The van der Waals surface area contributed by atoms with Gasteiger partial charge in [-0.15, -0.1) is 0 Å². The molecule has 1 saturated carbocycles. The molecule has 0 unspecified atom stereocenters. The number of carbonyl (C=O) groups is 1. The molecule has 0 radical (unpaired) electrons. The molecule has 1 aromatic carbocycles. The summed E-state index contributed by atoms with van der Waals surface area (Å²) in [6, 6.07) is 4.23. The van der Waals surface area contributed by atoms with Gasteiger partial charge >= 0.3 is 5.69 Å². The Morgan fingerprint density at radius 3 is 2.59 bits per heavy atom. The zero-order valence-corrected chi connectivity index (χ0v) is 18.8. The number of H-pyrrole nitrogens is 1. The molecule has 3 heterocycles. The van der Waals surface area contributed by atoms with E-state index in [-0.39, 0.29) is 23.4 Å². The molecule has 4 aromatic rings. The molecule has 1 N–H and O–H groups in total. The number of benzene rings is 1. The van der Waals surface area contributed by atoms with Gasteiger partial charge in [-0.05, 0) is 48.9 Å². The first-order valence-corrected chi connectivity index (χ1v) is 11.1. The lowest BCUT2D eigenvalue weighted by Crippen LogP contribution is -2.26. The molecule has 5 rings (SSSR count). The van der Waals surface area contributed by atoms with Crippen molar-refractivity contribution < 1.29 is 9.53 Å². The summed E-state index contributed by atoms with van der Waals surface area (Å²) in [5.41, 5.74) is 6.38. The number of ether oxygens (including phenoxy) is 1. The summed E-state index contributed by atoms with van der Waals surface area (Å²) in [5, 5.41) is 4.31. The Morgan fingerprint density at radius 1 is 1.16 bits per heavy atom. The van der Waals surface area contributed by atoms with E-state index in [0.717, 1.165) is 33.3 Å². The maximum atomic E-state index is 12.9. The quantitative estimate of drug-likeness (QED) is 0.521. The molecule has 0 saturated heterocycles. The fraction of sp³-hybridized carbons (Fsp3) is 0.417. The molecule has 3 aromatic heterocycles. The molecule has 0 spiro atoms. The summed E-state index contributed by atoms with van der Waals surface area (Å²) in [6.07, 6.45) is 5.98. The number of fused-ring (bicyclic) bond motifs is 2. The molecule has 1 aliphatic rings. The number of imidazole rings is 1. The predicted octanol–water partition coefficient (Wildman–Crippen LogP) is 4.16. The number of pyridine rings is 1. The van der Waals surface area contributed by atoms with Crippen LogP contribution in [0.1, 0.15) is 62.6 Å². The highest BCUT2D eigenvalue weighted by Gasteiger charge is 2.25. The van der Waals surface area contributed by atoms with Crippen LogP contribution < -0.4 is 10.4 Å². The van der Waals surface area contributed by atoms with Crippen molar-refractivity contribution in [2.24, 2.45) is 0 Å². The highest BCUT2D eigenvalue weighted by Crippen LogP contribution is 2.39. The third kappa shape index (κ3) is 3.13. The monoisotopic (exact) mass is 433 g/mol. The number of aromatic nitrogens is 5. The van der Waals surface area contributed by atoms with Gasteiger partial charge in [0.15, 0.2) is 11.4 Å². The van der Waals surface area contributed by atoms with Gasteiger partial charge in [-0.3, -0.25) is 9.36 Å². The largest absolute Gasteiger partial charge is 0.492 e. The Labute approximate surface area is 185 Å². The Kier molecular flexibility index (Phi) is 4.87. The van der Waals surface area contributed by atoms with Crippen LogP contribution in [0, 0.1) is 6.92 Å².